The van der Waals surface area contributed by atoms with Gasteiger partial charge in [0.2, 0.25) is 0 Å². The first kappa shape index (κ1) is 14.5. The number of benzene rings is 1. The lowest BCUT2D eigenvalue weighted by Gasteiger charge is -2.35. The predicted octanol–water partition coefficient (Wildman–Crippen LogP) is 4.71. The molecule has 0 bridgehead atoms. The molecular weight excluding hydrogens is 256 g/mol. The molecular formula is C19H26N2. The molecule has 2 aromatic rings. The topological polar surface area (TPSA) is 24.9 Å². The van der Waals surface area contributed by atoms with E-state index in [4.69, 9.17) is 0 Å². The first-order valence-electron chi connectivity index (χ1n) is 8.34. The number of pyridine rings is 1. The van der Waals surface area contributed by atoms with Crippen molar-refractivity contribution in [3.05, 3.63) is 42.1 Å². The summed E-state index contributed by atoms with van der Waals surface area (Å²) in [6.45, 7) is 2.34. The molecule has 1 aromatic heterocycles. The van der Waals surface area contributed by atoms with Gasteiger partial charge in [0, 0.05) is 17.6 Å². The van der Waals surface area contributed by atoms with Crippen LogP contribution in [0.5, 0.6) is 0 Å². The van der Waals surface area contributed by atoms with Gasteiger partial charge in [-0.15, -0.1) is 0 Å². The van der Waals surface area contributed by atoms with Gasteiger partial charge in [0.05, 0.1) is 5.52 Å². The van der Waals surface area contributed by atoms with Crippen LogP contribution < -0.4 is 5.32 Å². The van der Waals surface area contributed by atoms with Crippen molar-refractivity contribution in [2.45, 2.75) is 45.1 Å². The average Bonchev–Trinajstić information content (AvgIpc) is 2.56. The summed E-state index contributed by atoms with van der Waals surface area (Å²) in [7, 11) is 2.11. The molecule has 21 heavy (non-hydrogen) atoms. The standard InChI is InChI=1S/C19H26N2/c1-3-14-7-6-8-15(13-14)19(20-2)17-11-12-21-18-10-5-4-9-16(17)18/h4-5,9-12,14-15,19-20H,3,6-8,13H2,1-2H3. The van der Waals surface area contributed by atoms with Crippen molar-refractivity contribution in [1.82, 2.24) is 10.3 Å². The Morgan fingerprint density at radius 3 is 2.90 bits per heavy atom. The lowest BCUT2D eigenvalue weighted by molar-refractivity contribution is 0.215. The zero-order valence-electron chi connectivity index (χ0n) is 13.2. The number of aromatic nitrogens is 1. The summed E-state index contributed by atoms with van der Waals surface area (Å²) in [5.41, 5.74) is 2.53. The van der Waals surface area contributed by atoms with E-state index in [2.05, 4.69) is 54.6 Å². The molecule has 1 aromatic carbocycles. The van der Waals surface area contributed by atoms with Gasteiger partial charge in [0.1, 0.15) is 0 Å². The minimum atomic E-state index is 0.451. The Bertz CT molecular complexity index is 588. The van der Waals surface area contributed by atoms with Crippen LogP contribution in [0.4, 0.5) is 0 Å². The molecule has 3 rings (SSSR count). The summed E-state index contributed by atoms with van der Waals surface area (Å²) in [5, 5.41) is 4.90. The summed E-state index contributed by atoms with van der Waals surface area (Å²) >= 11 is 0. The third-order valence-corrected chi connectivity index (χ3v) is 5.20. The van der Waals surface area contributed by atoms with E-state index in [0.29, 0.717) is 6.04 Å². The first-order valence-corrected chi connectivity index (χ1v) is 8.34. The second kappa shape index (κ2) is 6.57. The first-order chi connectivity index (χ1) is 10.3. The lowest BCUT2D eigenvalue weighted by atomic mass is 9.75. The maximum Gasteiger partial charge on any atom is 0.0705 e. The zero-order chi connectivity index (χ0) is 14.7. The second-order valence-corrected chi connectivity index (χ2v) is 6.38. The molecule has 2 nitrogen and oxygen atoms in total. The maximum atomic E-state index is 4.51. The van der Waals surface area contributed by atoms with Crippen LogP contribution >= 0.6 is 0 Å². The number of hydrogen-bond donors (Lipinski definition) is 1. The molecule has 1 aliphatic carbocycles. The number of hydrogen-bond acceptors (Lipinski definition) is 2. The van der Waals surface area contributed by atoms with Crippen LogP contribution in [0.15, 0.2) is 36.5 Å². The van der Waals surface area contributed by atoms with Crippen LogP contribution in [-0.2, 0) is 0 Å². The molecule has 0 aliphatic heterocycles. The zero-order valence-corrected chi connectivity index (χ0v) is 13.2. The van der Waals surface area contributed by atoms with Gasteiger partial charge in [-0.1, -0.05) is 44.4 Å². The van der Waals surface area contributed by atoms with Gasteiger partial charge in [-0.3, -0.25) is 4.98 Å². The van der Waals surface area contributed by atoms with Crippen molar-refractivity contribution < 1.29 is 0 Å². The Morgan fingerprint density at radius 2 is 2.10 bits per heavy atom. The van der Waals surface area contributed by atoms with Crippen LogP contribution in [0.2, 0.25) is 0 Å². The third-order valence-electron chi connectivity index (χ3n) is 5.20. The predicted molar refractivity (Wildman–Crippen MR) is 89.3 cm³/mol. The quantitative estimate of drug-likeness (QED) is 0.878. The molecule has 1 N–H and O–H groups in total. The average molecular weight is 282 g/mol. The molecule has 1 saturated carbocycles. The van der Waals surface area contributed by atoms with Gasteiger partial charge >= 0.3 is 0 Å². The largest absolute Gasteiger partial charge is 0.313 e. The minimum Gasteiger partial charge on any atom is -0.313 e. The van der Waals surface area contributed by atoms with Crippen molar-refractivity contribution in [1.29, 1.82) is 0 Å². The van der Waals surface area contributed by atoms with Crippen molar-refractivity contribution in [2.24, 2.45) is 11.8 Å². The van der Waals surface area contributed by atoms with E-state index >= 15 is 0 Å². The Balaban J connectivity index is 1.94. The fourth-order valence-electron chi connectivity index (χ4n) is 4.04. The second-order valence-electron chi connectivity index (χ2n) is 6.38. The smallest absolute Gasteiger partial charge is 0.0705 e. The molecule has 0 saturated heterocycles. The fourth-order valence-corrected chi connectivity index (χ4v) is 4.04. The van der Waals surface area contributed by atoms with Gasteiger partial charge in [0.15, 0.2) is 0 Å². The van der Waals surface area contributed by atoms with E-state index in [1.54, 1.807) is 0 Å². The van der Waals surface area contributed by atoms with Crippen molar-refractivity contribution in [3.63, 3.8) is 0 Å². The van der Waals surface area contributed by atoms with Gasteiger partial charge in [-0.05, 0) is 49.4 Å². The van der Waals surface area contributed by atoms with E-state index in [0.717, 1.165) is 17.4 Å². The molecule has 1 heterocycles. The SMILES string of the molecule is CCC1CCCC(C(NC)c2ccnc3ccccc23)C1. The van der Waals surface area contributed by atoms with Crippen LogP contribution in [-0.4, -0.2) is 12.0 Å². The number of para-hydroxylation sites is 1. The third kappa shape index (κ3) is 2.96. The summed E-state index contributed by atoms with van der Waals surface area (Å²) in [6, 6.07) is 11.2. The van der Waals surface area contributed by atoms with Crippen molar-refractivity contribution in [2.75, 3.05) is 7.05 Å². The van der Waals surface area contributed by atoms with Crippen LogP contribution in [0.3, 0.4) is 0 Å². The minimum absolute atomic E-state index is 0.451. The highest BCUT2D eigenvalue weighted by Gasteiger charge is 2.28. The van der Waals surface area contributed by atoms with Gasteiger partial charge < -0.3 is 5.32 Å². The number of nitrogens with one attached hydrogen (secondary N) is 1. The molecule has 0 spiro atoms. The van der Waals surface area contributed by atoms with Crippen LogP contribution in [0.1, 0.15) is 50.6 Å². The molecule has 112 valence electrons. The molecule has 0 radical (unpaired) electrons. The lowest BCUT2D eigenvalue weighted by Crippen LogP contribution is -2.29. The highest BCUT2D eigenvalue weighted by molar-refractivity contribution is 5.82. The van der Waals surface area contributed by atoms with E-state index in [1.165, 1.54) is 43.1 Å². The maximum absolute atomic E-state index is 4.51. The highest BCUT2D eigenvalue weighted by Crippen LogP contribution is 2.39. The van der Waals surface area contributed by atoms with Gasteiger partial charge in [-0.2, -0.15) is 0 Å². The molecule has 3 atom stereocenters. The Kier molecular flexibility index (Phi) is 4.54. The van der Waals surface area contributed by atoms with Gasteiger partial charge in [-0.25, -0.2) is 0 Å². The Hall–Kier alpha value is -1.41. The Labute approximate surface area is 128 Å². The summed E-state index contributed by atoms with van der Waals surface area (Å²) in [5.74, 6) is 1.66. The van der Waals surface area contributed by atoms with E-state index < -0.39 is 0 Å². The number of nitrogens with zero attached hydrogens (tertiary/aromatic N) is 1. The number of fused-ring (bicyclic) bond motifs is 1. The summed E-state index contributed by atoms with van der Waals surface area (Å²) in [6.07, 6.45) is 8.79. The van der Waals surface area contributed by atoms with Crippen molar-refractivity contribution in [3.8, 4) is 0 Å². The van der Waals surface area contributed by atoms with Crippen molar-refractivity contribution >= 4 is 10.9 Å². The normalized spacial score (nSPS) is 24.1. The fraction of sp³-hybridized carbons (Fsp3) is 0.526. The molecule has 1 aliphatic rings. The van der Waals surface area contributed by atoms with E-state index in [9.17, 15) is 0 Å². The monoisotopic (exact) mass is 282 g/mol. The van der Waals surface area contributed by atoms with Crippen LogP contribution in [0.25, 0.3) is 10.9 Å². The highest BCUT2D eigenvalue weighted by atomic mass is 14.9. The molecule has 0 amide bonds. The van der Waals surface area contributed by atoms with Gasteiger partial charge in [0.25, 0.3) is 0 Å². The molecule has 2 heteroatoms. The summed E-state index contributed by atoms with van der Waals surface area (Å²) < 4.78 is 0. The Morgan fingerprint density at radius 1 is 1.24 bits per heavy atom. The van der Waals surface area contributed by atoms with Crippen LogP contribution in [0, 0.1) is 11.8 Å². The van der Waals surface area contributed by atoms with E-state index in [-0.39, 0.29) is 0 Å². The van der Waals surface area contributed by atoms with E-state index in [1.807, 2.05) is 6.20 Å². The molecule has 3 unspecified atom stereocenters. The summed E-state index contributed by atoms with van der Waals surface area (Å²) in [4.78, 5) is 4.51. The number of rotatable bonds is 4. The molecule has 1 fully saturated rings.